The van der Waals surface area contributed by atoms with Gasteiger partial charge in [-0.3, -0.25) is 43.2 Å². The van der Waals surface area contributed by atoms with Gasteiger partial charge < -0.3 is 71.1 Å². The van der Waals surface area contributed by atoms with E-state index in [1.807, 2.05) is 0 Å². The molecule has 22 atom stereocenters. The number of carbonyl (C=O) groups excluding carboxylic acids is 9. The largest absolute Gasteiger partial charge is 0.466 e. The van der Waals surface area contributed by atoms with Crippen LogP contribution in [-0.2, 0) is 132 Å². The Kier molecular flexibility index (Phi) is 27.9. The minimum atomic E-state index is -1.86. The minimum Gasteiger partial charge on any atom is -0.466 e. The highest BCUT2D eigenvalue weighted by Crippen LogP contribution is 2.65. The van der Waals surface area contributed by atoms with Crippen LogP contribution < -0.4 is 0 Å². The Bertz CT molecular complexity index is 3660. The van der Waals surface area contributed by atoms with Crippen LogP contribution in [0.1, 0.15) is 275 Å². The van der Waals surface area contributed by atoms with Crippen molar-refractivity contribution in [1.29, 1.82) is 0 Å². The van der Waals surface area contributed by atoms with Gasteiger partial charge >= 0.3 is 53.7 Å². The summed E-state index contributed by atoms with van der Waals surface area (Å²) in [6.45, 7) is 53.0. The summed E-state index contributed by atoms with van der Waals surface area (Å²) in [4.78, 5) is 128. The molecular formula is C89H138O24. The molecular weight excluding hydrogens is 1450 g/mol. The molecule has 1 aromatic rings. The molecule has 7 aliphatic rings. The van der Waals surface area contributed by atoms with E-state index in [9.17, 15) is 38.4 Å². The van der Waals surface area contributed by atoms with Crippen LogP contribution in [0.4, 0.5) is 0 Å². The average Bonchev–Trinajstić information content (AvgIpc) is 1.59. The van der Waals surface area contributed by atoms with Crippen molar-refractivity contribution in [1.82, 2.24) is 0 Å². The smallest absolute Gasteiger partial charge is 0.311 e. The predicted octanol–water partition coefficient (Wildman–Crippen LogP) is 14.8. The second-order valence-corrected chi connectivity index (χ2v) is 42.1. The zero-order chi connectivity index (χ0) is 85.1. The van der Waals surface area contributed by atoms with Crippen molar-refractivity contribution in [3.05, 3.63) is 46.0 Å². The standard InChI is InChI=1S/C89H138O24/c1-46(44-99-50(5)90)32-33-51-34-35-52-42-57-55-37-36-53-43-54(38-40-88(53,30)56(55)39-41-89(57,31)59(52)47(51)2)103-71-66(106-70-68(113-79(98)87(27,28)29)64(110-76(95)84(18,19)20)61(49(4)102-70)108-74(93)82(12,13)14)65(111-77(96)85(21,22)23)62(58(104-71)45-100-72(91)80(6,7)8)105-69-67(112-78(97)86(24,25)26)63(109-75(94)83(15,16)17)60(48(3)101-69)107-73(92)81(9,10)11/h34-36,46,48-49,54-58,60-71H,32-33,37-45H2,1-31H3/t46-,48+,49+,54+,55-,56+,57+,58-,60+,61+,62-,63-,64-,65+,66-,67-,68-,69+,70+,71-,88+,89+/m1/s1. The van der Waals surface area contributed by atoms with Gasteiger partial charge in [-0.15, -0.1) is 0 Å². The highest BCUT2D eigenvalue weighted by atomic mass is 16.8. The number of benzene rings is 1. The van der Waals surface area contributed by atoms with Crippen molar-refractivity contribution < 1.29 is 114 Å². The molecule has 24 heteroatoms. The summed E-state index contributed by atoms with van der Waals surface area (Å²) in [7, 11) is 0. The molecule has 0 radical (unpaired) electrons. The first kappa shape index (κ1) is 92.5. The van der Waals surface area contributed by atoms with Crippen LogP contribution in [0.2, 0.25) is 0 Å². The predicted molar refractivity (Wildman–Crippen MR) is 418 cm³/mol. The van der Waals surface area contributed by atoms with E-state index in [1.54, 1.807) is 180 Å². The third-order valence-corrected chi connectivity index (χ3v) is 23.5. The van der Waals surface area contributed by atoms with Crippen LogP contribution in [0.5, 0.6) is 0 Å². The van der Waals surface area contributed by atoms with Gasteiger partial charge in [-0.05, 0) is 301 Å². The highest BCUT2D eigenvalue weighted by Gasteiger charge is 2.63. The number of hydrogen-bond donors (Lipinski definition) is 0. The molecule has 638 valence electrons. The Hall–Kier alpha value is -6.05. The van der Waals surface area contributed by atoms with Gasteiger partial charge in [0.1, 0.15) is 18.8 Å². The Morgan fingerprint density at radius 2 is 0.841 bits per heavy atom. The van der Waals surface area contributed by atoms with Gasteiger partial charge in [-0.1, -0.05) is 44.6 Å². The summed E-state index contributed by atoms with van der Waals surface area (Å²) >= 11 is 0. The molecule has 0 N–H and O–H groups in total. The van der Waals surface area contributed by atoms with E-state index in [4.69, 9.17) is 71.1 Å². The van der Waals surface area contributed by atoms with Gasteiger partial charge in [0, 0.05) is 6.92 Å². The molecule has 3 heterocycles. The lowest BCUT2D eigenvalue weighted by Crippen LogP contribution is -2.69. The fourth-order valence-electron chi connectivity index (χ4n) is 16.3. The molecule has 0 bridgehead atoms. The quantitative estimate of drug-likeness (QED) is 0.0665. The first-order chi connectivity index (χ1) is 51.6. The number of fused-ring (bicyclic) bond motifs is 7. The van der Waals surface area contributed by atoms with Crippen LogP contribution in [-0.4, -0.2) is 165 Å². The van der Waals surface area contributed by atoms with Crippen LogP contribution in [0, 0.1) is 79.3 Å². The Balaban J connectivity index is 1.30. The molecule has 0 aromatic heterocycles. The maximum absolute atomic E-state index is 15.4. The number of carbonyl (C=O) groups is 9. The molecule has 3 saturated heterocycles. The Morgan fingerprint density at radius 1 is 0.451 bits per heavy atom. The summed E-state index contributed by atoms with van der Waals surface area (Å²) in [6, 6.07) is 4.66. The molecule has 24 nitrogen and oxygen atoms in total. The third kappa shape index (κ3) is 21.5. The number of allylic oxidation sites excluding steroid dienone is 1. The van der Waals surface area contributed by atoms with Gasteiger partial charge in [0.2, 0.25) is 0 Å². The first-order valence-corrected chi connectivity index (χ1v) is 41.1. The van der Waals surface area contributed by atoms with E-state index in [0.29, 0.717) is 43.6 Å². The first-order valence-electron chi connectivity index (χ1n) is 41.1. The van der Waals surface area contributed by atoms with Crippen molar-refractivity contribution in [3.63, 3.8) is 0 Å². The monoisotopic (exact) mass is 1590 g/mol. The second kappa shape index (κ2) is 34.1. The van der Waals surface area contributed by atoms with E-state index >= 15 is 4.79 Å². The average molecular weight is 1590 g/mol. The topological polar surface area (TPSA) is 292 Å². The number of hydrogen-bond acceptors (Lipinski definition) is 24. The van der Waals surface area contributed by atoms with Crippen LogP contribution >= 0.6 is 0 Å². The lowest BCUT2D eigenvalue weighted by Gasteiger charge is -2.58. The van der Waals surface area contributed by atoms with E-state index in [0.717, 1.165) is 38.5 Å². The summed E-state index contributed by atoms with van der Waals surface area (Å²) in [5.74, 6) is -5.01. The van der Waals surface area contributed by atoms with Crippen molar-refractivity contribution in [2.45, 2.75) is 376 Å². The van der Waals surface area contributed by atoms with E-state index < -0.39 is 196 Å². The number of esters is 9. The number of ether oxygens (including phenoxy) is 15. The lowest BCUT2D eigenvalue weighted by atomic mass is 9.47. The maximum atomic E-state index is 15.4. The molecule has 113 heavy (non-hydrogen) atoms. The summed E-state index contributed by atoms with van der Waals surface area (Å²) in [6.07, 6.45) is -15.5. The van der Waals surface area contributed by atoms with E-state index in [-0.39, 0.29) is 22.7 Å². The molecule has 0 spiro atoms. The molecule has 0 unspecified atom stereocenters. The zero-order valence-electron chi connectivity index (χ0n) is 73.9. The molecule has 3 aliphatic heterocycles. The van der Waals surface area contributed by atoms with Gasteiger partial charge in [0.05, 0.1) is 68.2 Å². The van der Waals surface area contributed by atoms with Crippen LogP contribution in [0.3, 0.4) is 0 Å². The molecule has 5 fully saturated rings. The van der Waals surface area contributed by atoms with Gasteiger partial charge in [-0.25, -0.2) is 0 Å². The summed E-state index contributed by atoms with van der Waals surface area (Å²) in [5.41, 5.74) is -2.94. The minimum absolute atomic E-state index is 0.0408. The third-order valence-electron chi connectivity index (χ3n) is 23.5. The number of aryl methyl sites for hydroxylation is 1. The highest BCUT2D eigenvalue weighted by molar-refractivity contribution is 5.80. The van der Waals surface area contributed by atoms with Crippen molar-refractivity contribution >= 4 is 53.7 Å². The molecule has 8 rings (SSSR count). The normalized spacial score (nSPS) is 32.6. The molecule has 0 amide bonds. The van der Waals surface area contributed by atoms with Crippen LogP contribution in [0.15, 0.2) is 23.8 Å². The summed E-state index contributed by atoms with van der Waals surface area (Å²) in [5, 5.41) is 0. The van der Waals surface area contributed by atoms with Gasteiger partial charge in [0.15, 0.2) is 67.7 Å². The fraction of sp³-hybridized carbons (Fsp3) is 0.809. The van der Waals surface area contributed by atoms with Crippen molar-refractivity contribution in [2.75, 3.05) is 13.2 Å². The zero-order valence-corrected chi connectivity index (χ0v) is 73.9. The lowest BCUT2D eigenvalue weighted by molar-refractivity contribution is -0.390. The molecule has 4 aliphatic carbocycles. The molecule has 2 saturated carbocycles. The van der Waals surface area contributed by atoms with E-state index in [1.165, 1.54) is 34.8 Å². The summed E-state index contributed by atoms with van der Waals surface area (Å²) < 4.78 is 100. The van der Waals surface area contributed by atoms with Crippen molar-refractivity contribution in [3.8, 4) is 0 Å². The Labute approximate surface area is 672 Å². The van der Waals surface area contributed by atoms with Crippen LogP contribution in [0.25, 0.3) is 0 Å². The van der Waals surface area contributed by atoms with Gasteiger partial charge in [0.25, 0.3) is 0 Å². The number of rotatable bonds is 20. The maximum Gasteiger partial charge on any atom is 0.311 e. The van der Waals surface area contributed by atoms with E-state index in [2.05, 4.69) is 45.9 Å². The SMILES string of the molecule is CC(=O)OC[C@H](C)CCc1ccc2c(c1C)[C@@]1(C)CC[C@H]3[C@@H](CC=C4C[C@@H](O[C@@H]5O[C@H](COC(=O)C(C)(C)C)[C@@H](O[C@@H]6O[C@@H](C)[C@H](OC(=O)C(C)(C)C)[C@@H](OC(=O)C(C)(C)C)[C@H]6OC(=O)C(C)(C)C)[C@H](OC(=O)C(C)(C)C)[C@H]5O[C@@H]5O[C@@H](C)[C@H](OC(=O)C(C)(C)C)[C@@H](OC(=O)C(C)(C)C)[C@H]5OC(=O)C(C)(C)C)CC[C@@]43C)[C@@H]1C2. The molecule has 1 aromatic carbocycles. The second-order valence-electron chi connectivity index (χ2n) is 42.1. The van der Waals surface area contributed by atoms with Gasteiger partial charge in [-0.2, -0.15) is 0 Å². The van der Waals surface area contributed by atoms with Crippen molar-refractivity contribution in [2.24, 2.45) is 72.4 Å². The fourth-order valence-corrected chi connectivity index (χ4v) is 16.3. The Morgan fingerprint density at radius 3 is 1.27 bits per heavy atom.